The van der Waals surface area contributed by atoms with Crippen molar-refractivity contribution in [2.75, 3.05) is 12.4 Å². The van der Waals surface area contributed by atoms with E-state index in [0.29, 0.717) is 11.3 Å². The normalized spacial score (nSPS) is 37.2. The molecule has 4 aliphatic carbocycles. The maximum absolute atomic E-state index is 5.02. The molecule has 4 fully saturated rings. The van der Waals surface area contributed by atoms with E-state index in [-0.39, 0.29) is 0 Å². The summed E-state index contributed by atoms with van der Waals surface area (Å²) in [5.41, 5.74) is 1.49. The fourth-order valence-corrected chi connectivity index (χ4v) is 5.51. The molecule has 114 valence electrons. The second-order valence-electron chi connectivity index (χ2n) is 8.10. The van der Waals surface area contributed by atoms with Gasteiger partial charge in [-0.05, 0) is 62.2 Å². The Bertz CT molecular complexity index is 514. The summed E-state index contributed by atoms with van der Waals surface area (Å²) >= 11 is 0. The molecule has 1 aromatic heterocycles. The zero-order valence-corrected chi connectivity index (χ0v) is 13.5. The second kappa shape index (κ2) is 4.69. The first-order valence-corrected chi connectivity index (χ1v) is 8.65. The molecular formula is C18H27N3. The highest BCUT2D eigenvalue weighted by atomic mass is 15.0. The minimum absolute atomic E-state index is 0.297. The fourth-order valence-electron chi connectivity index (χ4n) is 5.51. The Balaban J connectivity index is 1.77. The van der Waals surface area contributed by atoms with Gasteiger partial charge in [0.05, 0.1) is 0 Å². The van der Waals surface area contributed by atoms with Gasteiger partial charge in [-0.1, -0.05) is 13.8 Å². The van der Waals surface area contributed by atoms with E-state index in [1.807, 2.05) is 7.05 Å². The van der Waals surface area contributed by atoms with Gasteiger partial charge < -0.3 is 5.32 Å². The molecule has 1 aromatic rings. The Kier molecular flexibility index (Phi) is 3.02. The Hall–Kier alpha value is -1.12. The smallest absolute Gasteiger partial charge is 0.137 e. The molecule has 1 heterocycles. The molecular weight excluding hydrogens is 258 g/mol. The zero-order chi connectivity index (χ0) is 14.6. The molecule has 4 saturated carbocycles. The van der Waals surface area contributed by atoms with Crippen molar-refractivity contribution in [3.05, 3.63) is 17.6 Å². The summed E-state index contributed by atoms with van der Waals surface area (Å²) < 4.78 is 0. The summed E-state index contributed by atoms with van der Waals surface area (Å²) in [6.45, 7) is 4.45. The predicted molar refractivity (Wildman–Crippen MR) is 85.5 cm³/mol. The van der Waals surface area contributed by atoms with Crippen molar-refractivity contribution < 1.29 is 0 Å². The lowest BCUT2D eigenvalue weighted by Gasteiger charge is -2.56. The zero-order valence-electron chi connectivity index (χ0n) is 13.5. The highest BCUT2D eigenvalue weighted by Gasteiger charge is 2.53. The van der Waals surface area contributed by atoms with Crippen LogP contribution < -0.4 is 5.32 Å². The number of nitrogens with one attached hydrogen (secondary N) is 1. The number of hydrogen-bond donors (Lipinski definition) is 1. The summed E-state index contributed by atoms with van der Waals surface area (Å²) in [7, 11) is 1.97. The van der Waals surface area contributed by atoms with E-state index in [2.05, 4.69) is 25.2 Å². The molecule has 1 N–H and O–H groups in total. The summed E-state index contributed by atoms with van der Waals surface area (Å²) in [6.07, 6.45) is 8.43. The van der Waals surface area contributed by atoms with Gasteiger partial charge in [0.25, 0.3) is 0 Å². The first-order valence-electron chi connectivity index (χ1n) is 8.65. The summed E-state index contributed by atoms with van der Waals surface area (Å²) in [6, 6.07) is 2.12. The third kappa shape index (κ3) is 2.16. The van der Waals surface area contributed by atoms with Gasteiger partial charge >= 0.3 is 0 Å². The van der Waals surface area contributed by atoms with E-state index in [1.54, 1.807) is 0 Å². The second-order valence-corrected chi connectivity index (χ2v) is 8.10. The SMILES string of the molecule is CNc1cc(C(C)C)nc(C23CC4CC(CC(C4)C2)C3)n1. The van der Waals surface area contributed by atoms with Gasteiger partial charge in [0.1, 0.15) is 11.6 Å². The molecule has 3 nitrogen and oxygen atoms in total. The molecule has 5 rings (SSSR count). The minimum Gasteiger partial charge on any atom is -0.373 e. The van der Waals surface area contributed by atoms with Crippen molar-refractivity contribution in [2.45, 2.75) is 63.7 Å². The lowest BCUT2D eigenvalue weighted by molar-refractivity contribution is -0.00944. The van der Waals surface area contributed by atoms with E-state index in [1.165, 1.54) is 44.2 Å². The average molecular weight is 285 g/mol. The molecule has 0 spiro atoms. The molecule has 0 aliphatic heterocycles. The van der Waals surface area contributed by atoms with Gasteiger partial charge in [-0.2, -0.15) is 0 Å². The van der Waals surface area contributed by atoms with Crippen LogP contribution in [-0.4, -0.2) is 17.0 Å². The summed E-state index contributed by atoms with van der Waals surface area (Å²) in [4.78, 5) is 9.92. The Morgan fingerprint density at radius 3 is 2.10 bits per heavy atom. The predicted octanol–water partition coefficient (Wildman–Crippen LogP) is 4.11. The van der Waals surface area contributed by atoms with E-state index in [9.17, 15) is 0 Å². The number of aromatic nitrogens is 2. The third-order valence-corrected chi connectivity index (χ3v) is 6.11. The van der Waals surface area contributed by atoms with Crippen LogP contribution in [-0.2, 0) is 5.41 Å². The van der Waals surface area contributed by atoms with Crippen LogP contribution in [0.2, 0.25) is 0 Å². The maximum Gasteiger partial charge on any atom is 0.137 e. The fraction of sp³-hybridized carbons (Fsp3) is 0.778. The van der Waals surface area contributed by atoms with Crippen LogP contribution in [0.4, 0.5) is 5.82 Å². The van der Waals surface area contributed by atoms with Crippen LogP contribution >= 0.6 is 0 Å². The van der Waals surface area contributed by atoms with E-state index in [4.69, 9.17) is 9.97 Å². The first kappa shape index (κ1) is 13.5. The van der Waals surface area contributed by atoms with Crippen molar-refractivity contribution >= 4 is 5.82 Å². The van der Waals surface area contributed by atoms with Gasteiger partial charge in [0.2, 0.25) is 0 Å². The van der Waals surface area contributed by atoms with Crippen LogP contribution in [0.5, 0.6) is 0 Å². The highest BCUT2D eigenvalue weighted by Crippen LogP contribution is 2.60. The standard InChI is InChI=1S/C18H27N3/c1-11(2)15-7-16(19-3)21-17(20-15)18-8-12-4-13(9-18)6-14(5-12)10-18/h7,11-14H,4-6,8-10H2,1-3H3,(H,19,20,21). The summed E-state index contributed by atoms with van der Waals surface area (Å²) in [5, 5.41) is 3.24. The van der Waals surface area contributed by atoms with Crippen molar-refractivity contribution in [3.63, 3.8) is 0 Å². The van der Waals surface area contributed by atoms with Crippen molar-refractivity contribution in [2.24, 2.45) is 17.8 Å². The minimum atomic E-state index is 0.297. The quantitative estimate of drug-likeness (QED) is 0.908. The van der Waals surface area contributed by atoms with Crippen LogP contribution in [0.1, 0.15) is 69.8 Å². The molecule has 0 aromatic carbocycles. The molecule has 0 radical (unpaired) electrons. The lowest BCUT2D eigenvalue weighted by atomic mass is 9.49. The molecule has 0 atom stereocenters. The van der Waals surface area contributed by atoms with E-state index >= 15 is 0 Å². The van der Waals surface area contributed by atoms with Crippen LogP contribution in [0.25, 0.3) is 0 Å². The Morgan fingerprint density at radius 2 is 1.62 bits per heavy atom. The topological polar surface area (TPSA) is 37.8 Å². The molecule has 4 bridgehead atoms. The van der Waals surface area contributed by atoms with Crippen molar-refractivity contribution in [1.82, 2.24) is 9.97 Å². The molecule has 21 heavy (non-hydrogen) atoms. The van der Waals surface area contributed by atoms with E-state index in [0.717, 1.165) is 29.4 Å². The number of nitrogens with zero attached hydrogens (tertiary/aromatic N) is 2. The average Bonchev–Trinajstić information content (AvgIpc) is 2.45. The van der Waals surface area contributed by atoms with Crippen molar-refractivity contribution in [1.29, 1.82) is 0 Å². The Morgan fingerprint density at radius 1 is 1.05 bits per heavy atom. The van der Waals surface area contributed by atoms with Crippen LogP contribution in [0.3, 0.4) is 0 Å². The highest BCUT2D eigenvalue weighted by molar-refractivity contribution is 5.38. The van der Waals surface area contributed by atoms with Gasteiger partial charge in [0, 0.05) is 24.2 Å². The molecule has 0 saturated heterocycles. The third-order valence-electron chi connectivity index (χ3n) is 6.11. The summed E-state index contributed by atoms with van der Waals surface area (Å²) in [5.74, 6) is 5.45. The number of rotatable bonds is 3. The van der Waals surface area contributed by atoms with Gasteiger partial charge in [-0.15, -0.1) is 0 Å². The molecule has 0 unspecified atom stereocenters. The molecule has 0 amide bonds. The van der Waals surface area contributed by atoms with Gasteiger partial charge in [-0.3, -0.25) is 0 Å². The first-order chi connectivity index (χ1) is 10.1. The van der Waals surface area contributed by atoms with Gasteiger partial charge in [0.15, 0.2) is 0 Å². The lowest BCUT2D eigenvalue weighted by Crippen LogP contribution is -2.49. The monoisotopic (exact) mass is 285 g/mol. The Labute approximate surface area is 128 Å². The van der Waals surface area contributed by atoms with Crippen molar-refractivity contribution in [3.8, 4) is 0 Å². The molecule has 4 aliphatic rings. The maximum atomic E-state index is 5.02. The van der Waals surface area contributed by atoms with Gasteiger partial charge in [-0.25, -0.2) is 9.97 Å². The molecule has 3 heteroatoms. The van der Waals surface area contributed by atoms with Crippen LogP contribution in [0, 0.1) is 17.8 Å². The van der Waals surface area contributed by atoms with E-state index < -0.39 is 0 Å². The van der Waals surface area contributed by atoms with Crippen LogP contribution in [0.15, 0.2) is 6.07 Å². The number of anilines is 1. The number of hydrogen-bond acceptors (Lipinski definition) is 3. The largest absolute Gasteiger partial charge is 0.373 e.